The molecule has 1 aromatic heterocycles. The van der Waals surface area contributed by atoms with E-state index in [2.05, 4.69) is 31.9 Å². The van der Waals surface area contributed by atoms with Gasteiger partial charge in [0, 0.05) is 47.5 Å². The minimum absolute atomic E-state index is 0.0298. The summed E-state index contributed by atoms with van der Waals surface area (Å²) >= 11 is 3.45. The first kappa shape index (κ1) is 17.5. The van der Waals surface area contributed by atoms with E-state index in [-0.39, 0.29) is 12.3 Å². The number of benzene rings is 1. The SMILES string of the molecule is O=C(O)CCCCCNC(=O)CCn1ccc2cc(Br)ccc21. The maximum absolute atomic E-state index is 11.8. The molecule has 0 aliphatic heterocycles. The molecule has 5 nitrogen and oxygen atoms in total. The maximum atomic E-state index is 11.8. The van der Waals surface area contributed by atoms with Crippen molar-refractivity contribution in [2.75, 3.05) is 6.54 Å². The van der Waals surface area contributed by atoms with E-state index in [4.69, 9.17) is 5.11 Å². The molecule has 0 atom stereocenters. The van der Waals surface area contributed by atoms with Crippen LogP contribution in [-0.2, 0) is 16.1 Å². The Labute approximate surface area is 143 Å². The van der Waals surface area contributed by atoms with Gasteiger partial charge in [-0.3, -0.25) is 9.59 Å². The van der Waals surface area contributed by atoms with Gasteiger partial charge in [-0.25, -0.2) is 0 Å². The van der Waals surface area contributed by atoms with Crippen molar-refractivity contribution in [3.8, 4) is 0 Å². The van der Waals surface area contributed by atoms with Gasteiger partial charge in [0.05, 0.1) is 0 Å². The van der Waals surface area contributed by atoms with Crippen molar-refractivity contribution in [1.29, 1.82) is 0 Å². The smallest absolute Gasteiger partial charge is 0.303 e. The van der Waals surface area contributed by atoms with Crippen molar-refractivity contribution in [2.24, 2.45) is 0 Å². The third-order valence-corrected chi connectivity index (χ3v) is 4.20. The molecule has 1 amide bonds. The predicted molar refractivity (Wildman–Crippen MR) is 93.4 cm³/mol. The highest BCUT2D eigenvalue weighted by Gasteiger charge is 2.05. The Hall–Kier alpha value is -1.82. The standard InChI is InChI=1S/C17H21BrN2O3/c18-14-5-6-15-13(12-14)7-10-20(15)11-8-16(21)19-9-3-1-2-4-17(22)23/h5-7,10,12H,1-4,8-9,11H2,(H,19,21)(H,22,23). The number of carbonyl (C=O) groups is 2. The number of carboxylic acid groups (broad SMARTS) is 1. The van der Waals surface area contributed by atoms with Gasteiger partial charge in [0.15, 0.2) is 0 Å². The highest BCUT2D eigenvalue weighted by atomic mass is 79.9. The van der Waals surface area contributed by atoms with Gasteiger partial charge in [-0.15, -0.1) is 0 Å². The largest absolute Gasteiger partial charge is 0.481 e. The molecule has 2 aromatic rings. The molecule has 0 saturated carbocycles. The molecule has 2 N–H and O–H groups in total. The number of nitrogens with zero attached hydrogens (tertiary/aromatic N) is 1. The number of hydrogen-bond donors (Lipinski definition) is 2. The maximum Gasteiger partial charge on any atom is 0.303 e. The summed E-state index contributed by atoms with van der Waals surface area (Å²) < 4.78 is 3.12. The molecule has 0 unspecified atom stereocenters. The third kappa shape index (κ3) is 5.71. The van der Waals surface area contributed by atoms with Gasteiger partial charge in [0.2, 0.25) is 5.91 Å². The van der Waals surface area contributed by atoms with Crippen LogP contribution in [0.15, 0.2) is 34.9 Å². The number of aryl methyl sites for hydroxylation is 1. The van der Waals surface area contributed by atoms with Crippen molar-refractivity contribution in [3.05, 3.63) is 34.9 Å². The van der Waals surface area contributed by atoms with Gasteiger partial charge < -0.3 is 15.0 Å². The average Bonchev–Trinajstić information content (AvgIpc) is 2.90. The molecular formula is C17H21BrN2O3. The monoisotopic (exact) mass is 380 g/mol. The Morgan fingerprint density at radius 2 is 1.96 bits per heavy atom. The number of aliphatic carboxylic acids is 1. The topological polar surface area (TPSA) is 71.3 Å². The summed E-state index contributed by atoms with van der Waals surface area (Å²) in [7, 11) is 0. The zero-order valence-corrected chi connectivity index (χ0v) is 14.5. The van der Waals surface area contributed by atoms with Crippen LogP contribution in [0.5, 0.6) is 0 Å². The van der Waals surface area contributed by atoms with Gasteiger partial charge >= 0.3 is 5.97 Å². The second kappa shape index (κ2) is 8.72. The van der Waals surface area contributed by atoms with E-state index < -0.39 is 5.97 Å². The fourth-order valence-corrected chi connectivity index (χ4v) is 2.86. The number of unbranched alkanes of at least 4 members (excludes halogenated alkanes) is 2. The zero-order chi connectivity index (χ0) is 16.7. The lowest BCUT2D eigenvalue weighted by Gasteiger charge is -2.07. The highest BCUT2D eigenvalue weighted by molar-refractivity contribution is 9.10. The number of fused-ring (bicyclic) bond motifs is 1. The lowest BCUT2D eigenvalue weighted by Crippen LogP contribution is -2.25. The fourth-order valence-electron chi connectivity index (χ4n) is 2.48. The quantitative estimate of drug-likeness (QED) is 0.653. The zero-order valence-electron chi connectivity index (χ0n) is 12.9. The van der Waals surface area contributed by atoms with E-state index in [9.17, 15) is 9.59 Å². The lowest BCUT2D eigenvalue weighted by molar-refractivity contribution is -0.137. The average molecular weight is 381 g/mol. The highest BCUT2D eigenvalue weighted by Crippen LogP contribution is 2.21. The van der Waals surface area contributed by atoms with Crippen molar-refractivity contribution in [2.45, 2.75) is 38.6 Å². The molecule has 1 heterocycles. The van der Waals surface area contributed by atoms with E-state index in [1.807, 2.05) is 24.4 Å². The molecule has 0 saturated heterocycles. The molecule has 6 heteroatoms. The minimum atomic E-state index is -0.764. The van der Waals surface area contributed by atoms with Crippen molar-refractivity contribution < 1.29 is 14.7 Å². The molecule has 0 fully saturated rings. The van der Waals surface area contributed by atoms with Crippen LogP contribution in [0, 0.1) is 0 Å². The number of aromatic nitrogens is 1. The van der Waals surface area contributed by atoms with E-state index in [1.165, 1.54) is 0 Å². The van der Waals surface area contributed by atoms with E-state index in [0.29, 0.717) is 25.9 Å². The molecule has 23 heavy (non-hydrogen) atoms. The molecule has 0 aliphatic carbocycles. The van der Waals surface area contributed by atoms with E-state index in [0.717, 1.165) is 28.2 Å². The Morgan fingerprint density at radius 1 is 1.13 bits per heavy atom. The first-order chi connectivity index (χ1) is 11.1. The van der Waals surface area contributed by atoms with Gasteiger partial charge in [0.1, 0.15) is 0 Å². The third-order valence-electron chi connectivity index (χ3n) is 3.70. The summed E-state index contributed by atoms with van der Waals surface area (Å²) in [5.74, 6) is -0.734. The lowest BCUT2D eigenvalue weighted by atomic mass is 10.2. The Bertz CT molecular complexity index is 682. The first-order valence-corrected chi connectivity index (χ1v) is 8.58. The molecule has 124 valence electrons. The number of carbonyl (C=O) groups excluding carboxylic acids is 1. The Balaban J connectivity index is 1.68. The van der Waals surface area contributed by atoms with Crippen LogP contribution in [0.1, 0.15) is 32.1 Å². The second-order valence-corrected chi connectivity index (χ2v) is 6.43. The number of rotatable bonds is 9. The summed E-state index contributed by atoms with van der Waals surface area (Å²) in [5.41, 5.74) is 1.12. The Kier molecular flexibility index (Phi) is 6.65. The minimum Gasteiger partial charge on any atom is -0.481 e. The van der Waals surface area contributed by atoms with E-state index >= 15 is 0 Å². The van der Waals surface area contributed by atoms with Crippen LogP contribution in [0.2, 0.25) is 0 Å². The van der Waals surface area contributed by atoms with Crippen LogP contribution < -0.4 is 5.32 Å². The molecular weight excluding hydrogens is 360 g/mol. The predicted octanol–water partition coefficient (Wildman–Crippen LogP) is 3.56. The number of hydrogen-bond acceptors (Lipinski definition) is 2. The Morgan fingerprint density at radius 3 is 2.74 bits per heavy atom. The van der Waals surface area contributed by atoms with Crippen LogP contribution in [0.4, 0.5) is 0 Å². The van der Waals surface area contributed by atoms with Crippen LogP contribution in [0.25, 0.3) is 10.9 Å². The molecule has 0 radical (unpaired) electrons. The normalized spacial score (nSPS) is 10.8. The van der Waals surface area contributed by atoms with Crippen LogP contribution in [-0.4, -0.2) is 28.1 Å². The van der Waals surface area contributed by atoms with Gasteiger partial charge in [-0.2, -0.15) is 0 Å². The summed E-state index contributed by atoms with van der Waals surface area (Å²) in [6, 6.07) is 8.14. The van der Waals surface area contributed by atoms with Crippen LogP contribution >= 0.6 is 15.9 Å². The molecule has 0 spiro atoms. The molecule has 2 rings (SSSR count). The van der Waals surface area contributed by atoms with Crippen LogP contribution in [0.3, 0.4) is 0 Å². The number of carboxylic acids is 1. The summed E-state index contributed by atoms with van der Waals surface area (Å²) in [6.45, 7) is 1.26. The van der Waals surface area contributed by atoms with E-state index in [1.54, 1.807) is 0 Å². The van der Waals surface area contributed by atoms with Gasteiger partial charge in [-0.1, -0.05) is 22.4 Å². The summed E-state index contributed by atoms with van der Waals surface area (Å²) in [5, 5.41) is 12.6. The van der Waals surface area contributed by atoms with Crippen molar-refractivity contribution in [1.82, 2.24) is 9.88 Å². The first-order valence-electron chi connectivity index (χ1n) is 7.79. The molecule has 0 aliphatic rings. The molecule has 1 aromatic carbocycles. The molecule has 0 bridgehead atoms. The van der Waals surface area contributed by atoms with Crippen molar-refractivity contribution in [3.63, 3.8) is 0 Å². The fraction of sp³-hybridized carbons (Fsp3) is 0.412. The number of amides is 1. The van der Waals surface area contributed by atoms with Gasteiger partial charge in [0.25, 0.3) is 0 Å². The van der Waals surface area contributed by atoms with Crippen molar-refractivity contribution >= 4 is 38.7 Å². The number of nitrogens with one attached hydrogen (secondary N) is 1. The number of halogens is 1. The summed E-state index contributed by atoms with van der Waals surface area (Å²) in [4.78, 5) is 22.2. The second-order valence-electron chi connectivity index (χ2n) is 5.52. The van der Waals surface area contributed by atoms with Gasteiger partial charge in [-0.05, 0) is 37.1 Å². The summed E-state index contributed by atoms with van der Waals surface area (Å²) in [6.07, 6.45) is 4.94.